The molecule has 4 nitrogen and oxygen atoms in total. The smallest absolute Gasteiger partial charge is 0.122 e. The number of methoxy groups -OCH3 is 2. The molecular formula is C12H20N2O2. The fourth-order valence-corrected chi connectivity index (χ4v) is 1.67. The highest BCUT2D eigenvalue weighted by molar-refractivity contribution is 5.39. The van der Waals surface area contributed by atoms with E-state index in [2.05, 4.69) is 12.3 Å². The van der Waals surface area contributed by atoms with Crippen LogP contribution in [0.2, 0.25) is 0 Å². The third-order valence-electron chi connectivity index (χ3n) is 2.55. The van der Waals surface area contributed by atoms with Gasteiger partial charge in [0.1, 0.15) is 11.5 Å². The molecule has 0 amide bonds. The first-order valence-corrected chi connectivity index (χ1v) is 5.44. The summed E-state index contributed by atoms with van der Waals surface area (Å²) in [7, 11) is 3.28. The van der Waals surface area contributed by atoms with Crippen LogP contribution in [0.15, 0.2) is 18.2 Å². The minimum Gasteiger partial charge on any atom is -0.497 e. The number of hydrazine groups is 1. The Morgan fingerprint density at radius 2 is 1.75 bits per heavy atom. The topological polar surface area (TPSA) is 56.5 Å². The van der Waals surface area contributed by atoms with Crippen LogP contribution in [0.3, 0.4) is 0 Å². The molecule has 1 atom stereocenters. The van der Waals surface area contributed by atoms with Gasteiger partial charge >= 0.3 is 0 Å². The van der Waals surface area contributed by atoms with E-state index in [0.717, 1.165) is 29.9 Å². The van der Waals surface area contributed by atoms with E-state index in [9.17, 15) is 0 Å². The quantitative estimate of drug-likeness (QED) is 0.573. The van der Waals surface area contributed by atoms with Crippen LogP contribution >= 0.6 is 0 Å². The predicted molar refractivity (Wildman–Crippen MR) is 64.5 cm³/mol. The van der Waals surface area contributed by atoms with E-state index in [1.807, 2.05) is 18.2 Å². The van der Waals surface area contributed by atoms with E-state index in [1.165, 1.54) is 0 Å². The normalized spacial score (nSPS) is 12.2. The predicted octanol–water partition coefficient (Wildman–Crippen LogP) is 2.01. The Labute approximate surface area is 96.7 Å². The number of benzene rings is 1. The average molecular weight is 224 g/mol. The van der Waals surface area contributed by atoms with Crippen molar-refractivity contribution in [2.45, 2.75) is 25.8 Å². The highest BCUT2D eigenvalue weighted by Gasteiger charge is 2.11. The van der Waals surface area contributed by atoms with Gasteiger partial charge in [-0.15, -0.1) is 0 Å². The lowest BCUT2D eigenvalue weighted by atomic mass is 10.0. The van der Waals surface area contributed by atoms with E-state index in [4.69, 9.17) is 15.3 Å². The van der Waals surface area contributed by atoms with Gasteiger partial charge in [0.25, 0.3) is 0 Å². The zero-order chi connectivity index (χ0) is 12.0. The summed E-state index contributed by atoms with van der Waals surface area (Å²) in [6.07, 6.45) is 2.04. The number of rotatable bonds is 6. The highest BCUT2D eigenvalue weighted by atomic mass is 16.5. The molecule has 0 radical (unpaired) electrons. The second kappa shape index (κ2) is 6.35. The monoisotopic (exact) mass is 224 g/mol. The van der Waals surface area contributed by atoms with Crippen molar-refractivity contribution in [2.24, 2.45) is 5.84 Å². The van der Waals surface area contributed by atoms with Crippen molar-refractivity contribution in [1.29, 1.82) is 0 Å². The van der Waals surface area contributed by atoms with Crippen LogP contribution in [0.25, 0.3) is 0 Å². The van der Waals surface area contributed by atoms with Crippen LogP contribution in [0, 0.1) is 0 Å². The fourth-order valence-electron chi connectivity index (χ4n) is 1.67. The van der Waals surface area contributed by atoms with Crippen LogP contribution in [0.5, 0.6) is 11.5 Å². The average Bonchev–Trinajstić information content (AvgIpc) is 2.35. The molecule has 0 aliphatic carbocycles. The van der Waals surface area contributed by atoms with E-state index in [-0.39, 0.29) is 6.04 Å². The van der Waals surface area contributed by atoms with Crippen LogP contribution in [-0.4, -0.2) is 14.2 Å². The second-order valence-electron chi connectivity index (χ2n) is 3.65. The molecule has 0 fully saturated rings. The van der Waals surface area contributed by atoms with Crippen LogP contribution in [0.1, 0.15) is 31.4 Å². The lowest BCUT2D eigenvalue weighted by molar-refractivity contribution is 0.390. The molecule has 0 aliphatic heterocycles. The van der Waals surface area contributed by atoms with Crippen molar-refractivity contribution < 1.29 is 9.47 Å². The molecule has 1 unspecified atom stereocenters. The summed E-state index contributed by atoms with van der Waals surface area (Å²) in [5, 5.41) is 0. The van der Waals surface area contributed by atoms with Gasteiger partial charge in [-0.1, -0.05) is 13.3 Å². The molecule has 0 aliphatic rings. The van der Waals surface area contributed by atoms with Crippen LogP contribution in [0.4, 0.5) is 0 Å². The molecule has 4 heteroatoms. The number of hydrogen-bond donors (Lipinski definition) is 2. The Balaban J connectivity index is 3.00. The molecule has 16 heavy (non-hydrogen) atoms. The van der Waals surface area contributed by atoms with Crippen molar-refractivity contribution in [3.05, 3.63) is 23.8 Å². The number of nitrogens with two attached hydrogens (primary N) is 1. The third kappa shape index (κ3) is 3.12. The van der Waals surface area contributed by atoms with Gasteiger partial charge in [-0.2, -0.15) is 0 Å². The van der Waals surface area contributed by atoms with Crippen molar-refractivity contribution in [3.63, 3.8) is 0 Å². The second-order valence-corrected chi connectivity index (χ2v) is 3.65. The SMILES string of the molecule is CCCC(NN)c1cc(OC)cc(OC)c1. The summed E-state index contributed by atoms with van der Waals surface area (Å²) in [6.45, 7) is 2.13. The van der Waals surface area contributed by atoms with Crippen molar-refractivity contribution in [2.75, 3.05) is 14.2 Å². The van der Waals surface area contributed by atoms with Gasteiger partial charge in [-0.05, 0) is 24.1 Å². The number of nitrogens with one attached hydrogen (secondary N) is 1. The molecule has 0 saturated carbocycles. The lowest BCUT2D eigenvalue weighted by Gasteiger charge is -2.17. The fraction of sp³-hybridized carbons (Fsp3) is 0.500. The molecule has 0 bridgehead atoms. The minimum absolute atomic E-state index is 0.133. The van der Waals surface area contributed by atoms with E-state index >= 15 is 0 Å². The van der Waals surface area contributed by atoms with Crippen LogP contribution < -0.4 is 20.7 Å². The summed E-state index contributed by atoms with van der Waals surface area (Å²) >= 11 is 0. The Morgan fingerprint density at radius 1 is 1.19 bits per heavy atom. The summed E-state index contributed by atoms with van der Waals surface area (Å²) < 4.78 is 10.4. The molecule has 1 aromatic rings. The largest absolute Gasteiger partial charge is 0.497 e. The summed E-state index contributed by atoms with van der Waals surface area (Å²) in [6, 6.07) is 5.93. The van der Waals surface area contributed by atoms with Gasteiger partial charge in [0.15, 0.2) is 0 Å². The van der Waals surface area contributed by atoms with Gasteiger partial charge in [-0.25, -0.2) is 0 Å². The maximum atomic E-state index is 5.54. The van der Waals surface area contributed by atoms with Crippen molar-refractivity contribution in [1.82, 2.24) is 5.43 Å². The first kappa shape index (κ1) is 12.8. The molecule has 0 aromatic heterocycles. The number of ether oxygens (including phenoxy) is 2. The molecule has 1 rings (SSSR count). The van der Waals surface area contributed by atoms with Gasteiger partial charge in [0.2, 0.25) is 0 Å². The van der Waals surface area contributed by atoms with Gasteiger partial charge in [0, 0.05) is 12.1 Å². The zero-order valence-corrected chi connectivity index (χ0v) is 10.1. The van der Waals surface area contributed by atoms with Crippen molar-refractivity contribution >= 4 is 0 Å². The Kier molecular flexibility index (Phi) is 5.08. The standard InChI is InChI=1S/C12H20N2O2/c1-4-5-12(14-13)9-6-10(15-2)8-11(7-9)16-3/h6-8,12,14H,4-5,13H2,1-3H3. The Morgan fingerprint density at radius 3 is 2.12 bits per heavy atom. The van der Waals surface area contributed by atoms with Gasteiger partial charge < -0.3 is 9.47 Å². The molecular weight excluding hydrogens is 204 g/mol. The Bertz CT molecular complexity index is 307. The number of hydrogen-bond acceptors (Lipinski definition) is 4. The van der Waals surface area contributed by atoms with E-state index in [1.54, 1.807) is 14.2 Å². The summed E-state index contributed by atoms with van der Waals surface area (Å²) in [4.78, 5) is 0. The molecule has 3 N–H and O–H groups in total. The Hall–Kier alpha value is -1.26. The minimum atomic E-state index is 0.133. The first-order valence-electron chi connectivity index (χ1n) is 5.44. The van der Waals surface area contributed by atoms with Crippen LogP contribution in [-0.2, 0) is 0 Å². The molecule has 0 heterocycles. The zero-order valence-electron chi connectivity index (χ0n) is 10.1. The van der Waals surface area contributed by atoms with Crippen molar-refractivity contribution in [3.8, 4) is 11.5 Å². The highest BCUT2D eigenvalue weighted by Crippen LogP contribution is 2.27. The molecule has 90 valence electrons. The van der Waals surface area contributed by atoms with E-state index in [0.29, 0.717) is 0 Å². The lowest BCUT2D eigenvalue weighted by Crippen LogP contribution is -2.27. The van der Waals surface area contributed by atoms with E-state index < -0.39 is 0 Å². The van der Waals surface area contributed by atoms with Gasteiger partial charge in [-0.3, -0.25) is 11.3 Å². The van der Waals surface area contributed by atoms with Gasteiger partial charge in [0.05, 0.1) is 14.2 Å². The molecule has 0 spiro atoms. The third-order valence-corrected chi connectivity index (χ3v) is 2.55. The maximum Gasteiger partial charge on any atom is 0.122 e. The molecule has 0 saturated heterocycles. The maximum absolute atomic E-state index is 5.54. The molecule has 1 aromatic carbocycles. The summed E-state index contributed by atoms with van der Waals surface area (Å²) in [5.74, 6) is 7.11. The summed E-state index contributed by atoms with van der Waals surface area (Å²) in [5.41, 5.74) is 3.89. The first-order chi connectivity index (χ1) is 7.74.